The van der Waals surface area contributed by atoms with Gasteiger partial charge >= 0.3 is 0 Å². The number of hydrogen-bond acceptors (Lipinski definition) is 7. The van der Waals surface area contributed by atoms with Gasteiger partial charge in [0.15, 0.2) is 9.84 Å². The first-order valence-electron chi connectivity index (χ1n) is 7.36. The van der Waals surface area contributed by atoms with Crippen LogP contribution in [0.3, 0.4) is 0 Å². The third-order valence-electron chi connectivity index (χ3n) is 4.62. The molecule has 3 N–H and O–H groups in total. The van der Waals surface area contributed by atoms with E-state index < -0.39 is 19.9 Å². The van der Waals surface area contributed by atoms with Crippen molar-refractivity contribution >= 4 is 31.2 Å². The van der Waals surface area contributed by atoms with Crippen LogP contribution in [0.2, 0.25) is 0 Å². The lowest BCUT2D eigenvalue weighted by Crippen LogP contribution is -2.61. The Labute approximate surface area is 140 Å². The Morgan fingerprint density at radius 2 is 2.09 bits per heavy atom. The molecule has 1 aromatic heterocycles. The van der Waals surface area contributed by atoms with Gasteiger partial charge in [-0.3, -0.25) is 4.90 Å². The fourth-order valence-corrected chi connectivity index (χ4v) is 7.70. The minimum Gasteiger partial charge on any atom is -0.304 e. The van der Waals surface area contributed by atoms with Crippen LogP contribution in [0.15, 0.2) is 14.5 Å². The highest BCUT2D eigenvalue weighted by molar-refractivity contribution is 7.95. The van der Waals surface area contributed by atoms with Crippen LogP contribution in [0.25, 0.3) is 0 Å². The standard InChI is InChI=1S/C13H21N3O4S3/c1-7(2)9-5-16(3)10-6-22(17,18)13-8(12(10)15-9)4-11(21-13)23(14,19)20/h4,7,9-10,12,15H,5-6H2,1-3H3,(H2,14,19,20)/t9-,10+,12-/m1/s1. The van der Waals surface area contributed by atoms with Crippen molar-refractivity contribution in [2.75, 3.05) is 19.3 Å². The van der Waals surface area contributed by atoms with Crippen LogP contribution in [0, 0.1) is 5.92 Å². The van der Waals surface area contributed by atoms with Crippen molar-refractivity contribution in [3.8, 4) is 0 Å². The van der Waals surface area contributed by atoms with E-state index in [9.17, 15) is 16.8 Å². The lowest BCUT2D eigenvalue weighted by atomic mass is 9.92. The Morgan fingerprint density at radius 3 is 2.65 bits per heavy atom. The van der Waals surface area contributed by atoms with Gasteiger partial charge in [-0.05, 0) is 19.0 Å². The van der Waals surface area contributed by atoms with Gasteiger partial charge < -0.3 is 5.32 Å². The van der Waals surface area contributed by atoms with E-state index in [1.807, 2.05) is 7.05 Å². The van der Waals surface area contributed by atoms with Crippen LogP contribution < -0.4 is 10.5 Å². The Bertz CT molecular complexity index is 829. The fraction of sp³-hybridized carbons (Fsp3) is 0.692. The van der Waals surface area contributed by atoms with Crippen LogP contribution in [-0.4, -0.2) is 53.2 Å². The van der Waals surface area contributed by atoms with Gasteiger partial charge in [0.25, 0.3) is 0 Å². The van der Waals surface area contributed by atoms with Gasteiger partial charge in [0, 0.05) is 24.2 Å². The van der Waals surface area contributed by atoms with Crippen LogP contribution in [0.1, 0.15) is 25.5 Å². The van der Waals surface area contributed by atoms with Crippen molar-refractivity contribution in [1.29, 1.82) is 0 Å². The molecule has 1 fully saturated rings. The molecule has 130 valence electrons. The number of nitrogens with one attached hydrogen (secondary N) is 1. The molecular weight excluding hydrogens is 358 g/mol. The topological polar surface area (TPSA) is 110 Å². The molecule has 10 heteroatoms. The van der Waals surface area contributed by atoms with E-state index in [-0.39, 0.29) is 32.3 Å². The maximum Gasteiger partial charge on any atom is 0.247 e. The molecule has 0 bridgehead atoms. The normalized spacial score (nSPS) is 30.9. The molecule has 3 atom stereocenters. The largest absolute Gasteiger partial charge is 0.304 e. The average molecular weight is 380 g/mol. The van der Waals surface area contributed by atoms with Crippen molar-refractivity contribution in [2.24, 2.45) is 11.1 Å². The number of rotatable bonds is 2. The molecule has 0 unspecified atom stereocenters. The average Bonchev–Trinajstić information content (AvgIpc) is 2.86. The van der Waals surface area contributed by atoms with E-state index in [0.29, 0.717) is 11.5 Å². The predicted octanol–water partition coefficient (Wildman–Crippen LogP) is 0.152. The summed E-state index contributed by atoms with van der Waals surface area (Å²) in [6.07, 6.45) is 0. The van der Waals surface area contributed by atoms with E-state index in [1.54, 1.807) is 0 Å². The highest BCUT2D eigenvalue weighted by Gasteiger charge is 2.46. The summed E-state index contributed by atoms with van der Waals surface area (Å²) >= 11 is 0.756. The van der Waals surface area contributed by atoms with E-state index in [1.165, 1.54) is 6.07 Å². The molecule has 3 heterocycles. The molecule has 0 spiro atoms. The van der Waals surface area contributed by atoms with Crippen LogP contribution in [-0.2, 0) is 19.9 Å². The number of nitrogens with zero attached hydrogens (tertiary/aromatic N) is 1. The van der Waals surface area contributed by atoms with Crippen molar-refractivity contribution < 1.29 is 16.8 Å². The zero-order valence-electron chi connectivity index (χ0n) is 13.2. The molecule has 23 heavy (non-hydrogen) atoms. The van der Waals surface area contributed by atoms with Gasteiger partial charge in [0.1, 0.15) is 8.42 Å². The molecule has 2 aliphatic heterocycles. The highest BCUT2D eigenvalue weighted by atomic mass is 32.3. The summed E-state index contributed by atoms with van der Waals surface area (Å²) < 4.78 is 48.4. The summed E-state index contributed by atoms with van der Waals surface area (Å²) in [6, 6.07) is 1.23. The second kappa shape index (κ2) is 5.50. The molecular formula is C13H21N3O4S3. The van der Waals surface area contributed by atoms with E-state index in [2.05, 4.69) is 24.1 Å². The molecule has 3 rings (SSSR count). The second-order valence-corrected chi connectivity index (χ2v) is 11.7. The molecule has 0 aromatic carbocycles. The van der Waals surface area contributed by atoms with Crippen LogP contribution in [0.5, 0.6) is 0 Å². The van der Waals surface area contributed by atoms with Crippen molar-refractivity contribution in [3.05, 3.63) is 11.6 Å². The van der Waals surface area contributed by atoms with E-state index in [0.717, 1.165) is 17.9 Å². The molecule has 0 amide bonds. The van der Waals surface area contributed by atoms with Gasteiger partial charge in [-0.15, -0.1) is 11.3 Å². The van der Waals surface area contributed by atoms with Gasteiger partial charge in [0.2, 0.25) is 10.0 Å². The Kier molecular flexibility index (Phi) is 4.14. The smallest absolute Gasteiger partial charge is 0.247 e. The number of nitrogens with two attached hydrogens (primary N) is 1. The first-order chi connectivity index (χ1) is 10.5. The number of sulfonamides is 1. The Hall–Kier alpha value is -0.520. The second-order valence-electron chi connectivity index (χ2n) is 6.64. The maximum absolute atomic E-state index is 12.5. The summed E-state index contributed by atoms with van der Waals surface area (Å²) in [5.74, 6) is 0.375. The predicted molar refractivity (Wildman–Crippen MR) is 88.7 cm³/mol. The Balaban J connectivity index is 2.13. The summed E-state index contributed by atoms with van der Waals surface area (Å²) in [5, 5.41) is 8.69. The van der Waals surface area contributed by atoms with Gasteiger partial charge in [-0.2, -0.15) is 0 Å². The molecule has 1 aromatic rings. The molecule has 0 saturated carbocycles. The number of hydrogen-bond donors (Lipinski definition) is 2. The number of thiophene rings is 1. The summed E-state index contributed by atoms with van der Waals surface area (Å²) in [4.78, 5) is 2.06. The maximum atomic E-state index is 12.5. The third-order valence-corrected chi connectivity index (χ3v) is 9.58. The summed E-state index contributed by atoms with van der Waals surface area (Å²) in [6.45, 7) is 4.97. The van der Waals surface area contributed by atoms with Gasteiger partial charge in [-0.1, -0.05) is 13.8 Å². The minimum absolute atomic E-state index is 0.0104. The minimum atomic E-state index is -3.92. The first-order valence-corrected chi connectivity index (χ1v) is 11.4. The first kappa shape index (κ1) is 17.3. The molecule has 2 aliphatic rings. The number of sulfone groups is 1. The summed E-state index contributed by atoms with van der Waals surface area (Å²) in [7, 11) is -5.50. The zero-order chi connectivity index (χ0) is 17.2. The monoisotopic (exact) mass is 379 g/mol. The lowest BCUT2D eigenvalue weighted by molar-refractivity contribution is 0.107. The zero-order valence-corrected chi connectivity index (χ0v) is 15.6. The van der Waals surface area contributed by atoms with Crippen LogP contribution >= 0.6 is 11.3 Å². The number of piperazine rings is 1. The summed E-state index contributed by atoms with van der Waals surface area (Å²) in [5.41, 5.74) is 0.535. The van der Waals surface area contributed by atoms with Crippen LogP contribution in [0.4, 0.5) is 0 Å². The molecule has 0 aliphatic carbocycles. The van der Waals surface area contributed by atoms with E-state index in [4.69, 9.17) is 5.14 Å². The molecule has 1 saturated heterocycles. The fourth-order valence-electron chi connectivity index (χ4n) is 3.28. The number of primary sulfonamides is 1. The van der Waals surface area contributed by atoms with Crippen molar-refractivity contribution in [1.82, 2.24) is 10.2 Å². The number of likely N-dealkylation sites (N-methyl/N-ethyl adjacent to an activating group) is 1. The highest BCUT2D eigenvalue weighted by Crippen LogP contribution is 2.42. The number of fused-ring (bicyclic) bond motifs is 3. The van der Waals surface area contributed by atoms with Gasteiger partial charge in [-0.25, -0.2) is 22.0 Å². The van der Waals surface area contributed by atoms with Crippen molar-refractivity contribution in [3.63, 3.8) is 0 Å². The molecule has 0 radical (unpaired) electrons. The third kappa shape index (κ3) is 2.96. The van der Waals surface area contributed by atoms with E-state index >= 15 is 0 Å². The van der Waals surface area contributed by atoms with Gasteiger partial charge in [0.05, 0.1) is 11.8 Å². The quantitative estimate of drug-likeness (QED) is 0.757. The Morgan fingerprint density at radius 1 is 1.43 bits per heavy atom. The lowest BCUT2D eigenvalue weighted by Gasteiger charge is -2.47. The SMILES string of the molecule is CC(C)[C@H]1CN(C)[C@H]2CS(=O)(=O)c3sc(S(N)(=O)=O)cc3[C@H]2N1. The molecule has 7 nitrogen and oxygen atoms in total. The van der Waals surface area contributed by atoms with Crippen molar-refractivity contribution in [2.45, 2.75) is 40.4 Å².